The summed E-state index contributed by atoms with van der Waals surface area (Å²) in [4.78, 5) is 72.9. The predicted octanol–water partition coefficient (Wildman–Crippen LogP) is 24.0. The number of ether oxygens (including phenoxy) is 4. The van der Waals surface area contributed by atoms with E-state index >= 15 is 0 Å². The van der Waals surface area contributed by atoms with Gasteiger partial charge < -0.3 is 33.8 Å². The van der Waals surface area contributed by atoms with Crippen LogP contribution >= 0.6 is 15.6 Å². The Hall–Kier alpha value is -1.94. The topological polar surface area (TPSA) is 237 Å². The Morgan fingerprint density at radius 1 is 0.273 bits per heavy atom. The number of carbonyl (C=O) groups is 4. The van der Waals surface area contributed by atoms with Gasteiger partial charge in [0.25, 0.3) is 0 Å². The zero-order valence-corrected chi connectivity index (χ0v) is 66.4. The minimum Gasteiger partial charge on any atom is -0.462 e. The number of phosphoric ester groups is 2. The van der Waals surface area contributed by atoms with E-state index in [1.54, 1.807) is 0 Å². The summed E-state index contributed by atoms with van der Waals surface area (Å²) in [6.07, 6.45) is 63.8. The van der Waals surface area contributed by atoms with Crippen molar-refractivity contribution in [3.8, 4) is 0 Å². The van der Waals surface area contributed by atoms with Crippen LogP contribution in [0, 0.1) is 5.92 Å². The van der Waals surface area contributed by atoms with Gasteiger partial charge in [-0.2, -0.15) is 0 Å². The van der Waals surface area contributed by atoms with Gasteiger partial charge >= 0.3 is 39.5 Å². The number of carbonyl (C=O) groups excluding carboxylic acids is 4. The summed E-state index contributed by atoms with van der Waals surface area (Å²) >= 11 is 0. The average molecular weight is 1450 g/mol. The van der Waals surface area contributed by atoms with Gasteiger partial charge in [0.15, 0.2) is 12.2 Å². The van der Waals surface area contributed by atoms with Crippen molar-refractivity contribution in [3.63, 3.8) is 0 Å². The van der Waals surface area contributed by atoms with Crippen LogP contribution in [0.4, 0.5) is 0 Å². The predicted molar refractivity (Wildman–Crippen MR) is 405 cm³/mol. The Balaban J connectivity index is 5.20. The van der Waals surface area contributed by atoms with Crippen molar-refractivity contribution < 1.29 is 80.2 Å². The maximum Gasteiger partial charge on any atom is 0.472 e. The molecule has 0 aromatic heterocycles. The summed E-state index contributed by atoms with van der Waals surface area (Å²) in [6, 6.07) is 0. The van der Waals surface area contributed by atoms with Crippen molar-refractivity contribution in [2.45, 2.75) is 445 Å². The molecule has 0 aliphatic carbocycles. The second-order valence-electron chi connectivity index (χ2n) is 29.3. The van der Waals surface area contributed by atoms with Gasteiger partial charge in [-0.1, -0.05) is 375 Å². The zero-order chi connectivity index (χ0) is 72.7. The van der Waals surface area contributed by atoms with E-state index < -0.39 is 97.5 Å². The highest BCUT2D eigenvalue weighted by Crippen LogP contribution is 2.45. The zero-order valence-electron chi connectivity index (χ0n) is 64.6. The highest BCUT2D eigenvalue weighted by molar-refractivity contribution is 7.47. The second kappa shape index (κ2) is 73.0. The fourth-order valence-corrected chi connectivity index (χ4v) is 14.0. The third-order valence-corrected chi connectivity index (χ3v) is 20.7. The lowest BCUT2D eigenvalue weighted by molar-refractivity contribution is -0.161. The molecule has 2 unspecified atom stereocenters. The molecule has 0 heterocycles. The number of hydrogen-bond donors (Lipinski definition) is 3. The van der Waals surface area contributed by atoms with Gasteiger partial charge in [-0.05, 0) is 31.6 Å². The van der Waals surface area contributed by atoms with Crippen LogP contribution in [-0.2, 0) is 65.4 Å². The fourth-order valence-electron chi connectivity index (χ4n) is 12.4. The van der Waals surface area contributed by atoms with Crippen molar-refractivity contribution in [1.82, 2.24) is 0 Å². The van der Waals surface area contributed by atoms with Crippen molar-refractivity contribution in [2.75, 3.05) is 39.6 Å². The monoisotopic (exact) mass is 1450 g/mol. The molecule has 0 fully saturated rings. The number of esters is 4. The summed E-state index contributed by atoms with van der Waals surface area (Å²) in [6.45, 7) is 7.33. The molecule has 588 valence electrons. The van der Waals surface area contributed by atoms with Crippen LogP contribution in [0.5, 0.6) is 0 Å². The van der Waals surface area contributed by atoms with Crippen LogP contribution in [0.3, 0.4) is 0 Å². The summed E-state index contributed by atoms with van der Waals surface area (Å²) < 4.78 is 68.6. The number of aliphatic hydroxyl groups is 1. The first-order chi connectivity index (χ1) is 48.0. The molecule has 99 heavy (non-hydrogen) atoms. The largest absolute Gasteiger partial charge is 0.472 e. The third-order valence-electron chi connectivity index (χ3n) is 18.8. The molecule has 5 atom stereocenters. The van der Waals surface area contributed by atoms with E-state index in [0.29, 0.717) is 25.7 Å². The lowest BCUT2D eigenvalue weighted by Crippen LogP contribution is -2.30. The summed E-state index contributed by atoms with van der Waals surface area (Å²) in [5, 5.41) is 10.6. The summed E-state index contributed by atoms with van der Waals surface area (Å²) in [7, 11) is -9.91. The van der Waals surface area contributed by atoms with Gasteiger partial charge in [0, 0.05) is 25.7 Å². The highest BCUT2D eigenvalue weighted by atomic mass is 31.2. The second-order valence-corrected chi connectivity index (χ2v) is 32.2. The SMILES string of the molecule is CCCCCCCCCCCCCCCCCCCCC(=O)OC[C@H](COP(=O)(O)OC[C@@H](O)COP(=O)(O)OC[C@@H](COC(=O)CCCCCCCCCC)OC(=O)CCCCCCCCCCCCCCCCC)OC(=O)CCCCCCCCCCCCCCCCCC(C)C. The lowest BCUT2D eigenvalue weighted by atomic mass is 10.0. The number of phosphoric acid groups is 2. The van der Waals surface area contributed by atoms with Crippen molar-refractivity contribution in [1.29, 1.82) is 0 Å². The molecule has 0 spiro atoms. The van der Waals surface area contributed by atoms with E-state index in [0.717, 1.165) is 102 Å². The van der Waals surface area contributed by atoms with Crippen LogP contribution in [-0.4, -0.2) is 96.7 Å². The first-order valence-corrected chi connectivity index (χ1v) is 44.6. The minimum atomic E-state index is -4.96. The Morgan fingerprint density at radius 3 is 0.687 bits per heavy atom. The normalized spacial score (nSPS) is 13.9. The minimum absolute atomic E-state index is 0.108. The molecular formula is C80H156O17P2. The number of aliphatic hydroxyl groups excluding tert-OH is 1. The number of hydrogen-bond acceptors (Lipinski definition) is 15. The van der Waals surface area contributed by atoms with Crippen molar-refractivity contribution >= 4 is 39.5 Å². The molecule has 19 heteroatoms. The Labute approximate surface area is 607 Å². The van der Waals surface area contributed by atoms with Gasteiger partial charge in [0.2, 0.25) is 0 Å². The molecule has 0 radical (unpaired) electrons. The Morgan fingerprint density at radius 2 is 0.465 bits per heavy atom. The van der Waals surface area contributed by atoms with Gasteiger partial charge in [-0.15, -0.1) is 0 Å². The third kappa shape index (κ3) is 74.1. The maximum atomic E-state index is 13.1. The molecule has 0 saturated heterocycles. The van der Waals surface area contributed by atoms with E-state index in [2.05, 4.69) is 34.6 Å². The molecule has 0 rings (SSSR count). The molecule has 0 amide bonds. The molecule has 0 aliphatic rings. The first-order valence-electron chi connectivity index (χ1n) is 41.6. The Kier molecular flexibility index (Phi) is 71.6. The quantitative estimate of drug-likeness (QED) is 0.0222. The first kappa shape index (κ1) is 97.1. The molecular weight excluding hydrogens is 1290 g/mol. The van der Waals surface area contributed by atoms with Crippen LogP contribution in [0.15, 0.2) is 0 Å². The van der Waals surface area contributed by atoms with Gasteiger partial charge in [0.1, 0.15) is 19.3 Å². The van der Waals surface area contributed by atoms with Crippen LogP contribution in [0.1, 0.15) is 426 Å². The van der Waals surface area contributed by atoms with E-state index in [4.69, 9.17) is 37.0 Å². The smallest absolute Gasteiger partial charge is 0.462 e. The Bertz CT molecular complexity index is 1890. The van der Waals surface area contributed by atoms with Crippen LogP contribution in [0.2, 0.25) is 0 Å². The summed E-state index contributed by atoms with van der Waals surface area (Å²) in [5.74, 6) is -1.31. The average Bonchev–Trinajstić information content (AvgIpc) is 0.994. The van der Waals surface area contributed by atoms with Crippen LogP contribution < -0.4 is 0 Å². The standard InChI is InChI=1S/C80H156O17P2/c1-6-9-12-15-18-21-23-25-27-28-29-33-36-40-44-49-54-59-64-78(83)91-70-76(97-80(85)66-61-56-51-46-42-38-34-30-32-35-39-43-47-52-57-62-73(4)5)72-95-99(88,89)93-68-74(81)67-92-98(86,87)94-71-75(69-90-77(82)63-58-53-48-20-17-14-11-8-3)96-79(84)65-60-55-50-45-41-37-31-26-24-22-19-16-13-10-7-2/h73-76,81H,6-72H2,1-5H3,(H,86,87)(H,88,89)/t74-,75+,76+/m0/s1. The van der Waals surface area contributed by atoms with E-state index in [1.165, 1.54) is 244 Å². The molecule has 0 aromatic rings. The fraction of sp³-hybridized carbons (Fsp3) is 0.950. The van der Waals surface area contributed by atoms with Gasteiger partial charge in [-0.25, -0.2) is 9.13 Å². The van der Waals surface area contributed by atoms with Crippen molar-refractivity contribution in [2.24, 2.45) is 5.92 Å². The maximum absolute atomic E-state index is 13.1. The van der Waals surface area contributed by atoms with Crippen molar-refractivity contribution in [3.05, 3.63) is 0 Å². The van der Waals surface area contributed by atoms with E-state index in [9.17, 15) is 43.2 Å². The number of rotatable bonds is 80. The van der Waals surface area contributed by atoms with E-state index in [1.807, 2.05) is 0 Å². The molecule has 0 aromatic carbocycles. The molecule has 3 N–H and O–H groups in total. The van der Waals surface area contributed by atoms with Crippen LogP contribution in [0.25, 0.3) is 0 Å². The van der Waals surface area contributed by atoms with Gasteiger partial charge in [0.05, 0.1) is 26.4 Å². The molecule has 0 bridgehead atoms. The number of unbranched alkanes of at least 4 members (excludes halogenated alkanes) is 52. The lowest BCUT2D eigenvalue weighted by Gasteiger charge is -2.21. The molecule has 0 saturated carbocycles. The summed E-state index contributed by atoms with van der Waals surface area (Å²) in [5.41, 5.74) is 0. The van der Waals surface area contributed by atoms with E-state index in [-0.39, 0.29) is 25.7 Å². The molecule has 0 aliphatic heterocycles. The van der Waals surface area contributed by atoms with Gasteiger partial charge in [-0.3, -0.25) is 37.3 Å². The highest BCUT2D eigenvalue weighted by Gasteiger charge is 2.30. The molecule has 17 nitrogen and oxygen atoms in total.